The lowest BCUT2D eigenvalue weighted by Gasteiger charge is -2.33. The van der Waals surface area contributed by atoms with E-state index >= 15 is 0 Å². The van der Waals surface area contributed by atoms with Crippen LogP contribution in [0, 0.1) is 11.3 Å². The number of fused-ring (bicyclic) bond motifs is 1. The lowest BCUT2D eigenvalue weighted by atomic mass is 9.72. The Morgan fingerprint density at radius 3 is 2.34 bits per heavy atom. The zero-order valence-corrected chi connectivity index (χ0v) is 18.3. The number of ether oxygens (including phenoxy) is 1. The van der Waals surface area contributed by atoms with E-state index in [2.05, 4.69) is 26.1 Å². The molecule has 6 nitrogen and oxygen atoms in total. The summed E-state index contributed by atoms with van der Waals surface area (Å²) in [6.45, 7) is 6.68. The first-order valence-corrected chi connectivity index (χ1v) is 10.9. The first kappa shape index (κ1) is 21.6. The molecule has 0 bridgehead atoms. The van der Waals surface area contributed by atoms with Gasteiger partial charge in [0, 0.05) is 16.0 Å². The number of thiophene rings is 1. The minimum absolute atomic E-state index is 0.166. The normalized spacial score (nSPS) is 19.5. The Labute approximate surface area is 175 Å². The van der Waals surface area contributed by atoms with E-state index in [0.717, 1.165) is 42.5 Å². The Balaban J connectivity index is 1.95. The summed E-state index contributed by atoms with van der Waals surface area (Å²) in [6.07, 6.45) is 5.03. The van der Waals surface area contributed by atoms with E-state index in [1.54, 1.807) is 0 Å². The molecule has 1 atom stereocenters. The first-order chi connectivity index (χ1) is 13.6. The molecule has 158 valence electrons. The van der Waals surface area contributed by atoms with Crippen LogP contribution < -0.4 is 5.32 Å². The van der Waals surface area contributed by atoms with Gasteiger partial charge in [0.05, 0.1) is 12.7 Å². The maximum Gasteiger partial charge on any atom is 0.341 e. The Bertz CT molecular complexity index is 874. The highest BCUT2D eigenvalue weighted by atomic mass is 32.1. The molecular weight excluding hydrogens is 390 g/mol. The highest BCUT2D eigenvalue weighted by Gasteiger charge is 2.35. The summed E-state index contributed by atoms with van der Waals surface area (Å²) in [5.41, 5.74) is 2.07. The largest absolute Gasteiger partial charge is 0.478 e. The molecular formula is C22H29NO5S. The molecule has 0 aliphatic heterocycles. The van der Waals surface area contributed by atoms with Gasteiger partial charge < -0.3 is 15.2 Å². The van der Waals surface area contributed by atoms with Crippen molar-refractivity contribution in [2.75, 3.05) is 12.4 Å². The zero-order valence-electron chi connectivity index (χ0n) is 17.5. The Morgan fingerprint density at radius 2 is 1.76 bits per heavy atom. The van der Waals surface area contributed by atoms with E-state index in [4.69, 9.17) is 4.74 Å². The van der Waals surface area contributed by atoms with Crippen LogP contribution in [0.15, 0.2) is 11.1 Å². The average molecular weight is 420 g/mol. The van der Waals surface area contributed by atoms with E-state index in [0.29, 0.717) is 34.9 Å². The van der Waals surface area contributed by atoms with Crippen LogP contribution in [-0.2, 0) is 27.2 Å². The van der Waals surface area contributed by atoms with Gasteiger partial charge in [-0.3, -0.25) is 4.79 Å². The summed E-state index contributed by atoms with van der Waals surface area (Å²) in [7, 11) is 1.34. The first-order valence-electron chi connectivity index (χ1n) is 10.1. The van der Waals surface area contributed by atoms with Crippen LogP contribution in [0.4, 0.5) is 5.00 Å². The molecule has 0 saturated heterocycles. The van der Waals surface area contributed by atoms with Gasteiger partial charge in [0.1, 0.15) is 5.00 Å². The number of methoxy groups -OCH3 is 1. The van der Waals surface area contributed by atoms with Crippen molar-refractivity contribution < 1.29 is 24.2 Å². The number of amides is 1. The van der Waals surface area contributed by atoms with Crippen LogP contribution >= 0.6 is 11.3 Å². The molecule has 2 N–H and O–H groups in total. The van der Waals surface area contributed by atoms with Gasteiger partial charge in [0.25, 0.3) is 5.91 Å². The van der Waals surface area contributed by atoms with Crippen molar-refractivity contribution in [2.24, 2.45) is 11.3 Å². The zero-order chi connectivity index (χ0) is 21.3. The van der Waals surface area contributed by atoms with Crippen molar-refractivity contribution in [3.05, 3.63) is 27.2 Å². The minimum atomic E-state index is -1.04. The molecule has 1 aromatic rings. The van der Waals surface area contributed by atoms with Gasteiger partial charge in [-0.05, 0) is 61.8 Å². The van der Waals surface area contributed by atoms with Crippen LogP contribution in [0.3, 0.4) is 0 Å². The van der Waals surface area contributed by atoms with Crippen molar-refractivity contribution in [2.45, 2.75) is 65.7 Å². The SMILES string of the molecule is COC(=O)c1c(NC(=O)C2=C(C(=O)O)CCCC2)sc2c1CCC(C(C)(C)C)C2. The van der Waals surface area contributed by atoms with Gasteiger partial charge in [0.15, 0.2) is 0 Å². The summed E-state index contributed by atoms with van der Waals surface area (Å²) >= 11 is 1.42. The van der Waals surface area contributed by atoms with Crippen molar-refractivity contribution in [3.8, 4) is 0 Å². The van der Waals surface area contributed by atoms with Crippen LogP contribution in [-0.4, -0.2) is 30.1 Å². The number of carboxylic acids is 1. The molecule has 0 radical (unpaired) electrons. The van der Waals surface area contributed by atoms with Gasteiger partial charge >= 0.3 is 11.9 Å². The van der Waals surface area contributed by atoms with Gasteiger partial charge in [-0.2, -0.15) is 0 Å². The molecule has 1 heterocycles. The number of nitrogens with one attached hydrogen (secondary N) is 1. The van der Waals surface area contributed by atoms with Gasteiger partial charge in [-0.15, -0.1) is 11.3 Å². The highest BCUT2D eigenvalue weighted by Crippen LogP contribution is 2.44. The second kappa shape index (κ2) is 8.30. The third-order valence-corrected chi connectivity index (χ3v) is 7.28. The maximum absolute atomic E-state index is 12.9. The smallest absolute Gasteiger partial charge is 0.341 e. The highest BCUT2D eigenvalue weighted by molar-refractivity contribution is 7.17. The third-order valence-electron chi connectivity index (χ3n) is 6.11. The summed E-state index contributed by atoms with van der Waals surface area (Å²) in [5.74, 6) is -1.41. The summed E-state index contributed by atoms with van der Waals surface area (Å²) in [6, 6.07) is 0. The standard InChI is InChI=1S/C22H29NO5S/c1-22(2,3)12-9-10-15-16(11-12)29-19(17(15)21(27)28-4)23-18(24)13-7-5-6-8-14(13)20(25)26/h12H,5-11H2,1-4H3,(H,23,24)(H,25,26). The molecule has 2 aliphatic carbocycles. The second-order valence-electron chi connectivity index (χ2n) is 8.93. The van der Waals surface area contributed by atoms with Gasteiger partial charge in [-0.1, -0.05) is 20.8 Å². The molecule has 1 aromatic heterocycles. The molecule has 2 aliphatic rings. The van der Waals surface area contributed by atoms with Crippen molar-refractivity contribution >= 4 is 34.2 Å². The van der Waals surface area contributed by atoms with E-state index in [-0.39, 0.29) is 11.0 Å². The van der Waals surface area contributed by atoms with Crippen LogP contribution in [0.5, 0.6) is 0 Å². The molecule has 1 amide bonds. The van der Waals surface area contributed by atoms with Crippen LogP contribution in [0.25, 0.3) is 0 Å². The van der Waals surface area contributed by atoms with Crippen molar-refractivity contribution in [1.82, 2.24) is 0 Å². The Morgan fingerprint density at radius 1 is 1.10 bits per heavy atom. The summed E-state index contributed by atoms with van der Waals surface area (Å²) < 4.78 is 4.99. The predicted molar refractivity (Wildman–Crippen MR) is 112 cm³/mol. The van der Waals surface area contributed by atoms with Crippen LogP contribution in [0.1, 0.15) is 73.7 Å². The number of anilines is 1. The lowest BCUT2D eigenvalue weighted by molar-refractivity contribution is -0.133. The fraction of sp³-hybridized carbons (Fsp3) is 0.591. The van der Waals surface area contributed by atoms with Crippen molar-refractivity contribution in [3.63, 3.8) is 0 Å². The molecule has 0 saturated carbocycles. The van der Waals surface area contributed by atoms with Gasteiger partial charge in [-0.25, -0.2) is 9.59 Å². The van der Waals surface area contributed by atoms with E-state index < -0.39 is 17.8 Å². The number of carbonyl (C=O) groups excluding carboxylic acids is 2. The van der Waals surface area contributed by atoms with E-state index in [9.17, 15) is 19.5 Å². The predicted octanol–water partition coefficient (Wildman–Crippen LogP) is 4.58. The molecule has 3 rings (SSSR count). The second-order valence-corrected chi connectivity index (χ2v) is 10.0. The quantitative estimate of drug-likeness (QED) is 0.697. The number of aliphatic carboxylic acids is 1. The molecule has 7 heteroatoms. The number of esters is 1. The van der Waals surface area contributed by atoms with E-state index in [1.807, 2.05) is 0 Å². The topological polar surface area (TPSA) is 92.7 Å². The lowest BCUT2D eigenvalue weighted by Crippen LogP contribution is -2.26. The van der Waals surface area contributed by atoms with Crippen molar-refractivity contribution in [1.29, 1.82) is 0 Å². The molecule has 1 unspecified atom stereocenters. The molecule has 29 heavy (non-hydrogen) atoms. The molecule has 0 spiro atoms. The fourth-order valence-corrected chi connectivity index (χ4v) is 5.61. The number of rotatable bonds is 4. The number of carboxylic acid groups (broad SMARTS) is 1. The van der Waals surface area contributed by atoms with Gasteiger partial charge in [0.2, 0.25) is 0 Å². The summed E-state index contributed by atoms with van der Waals surface area (Å²) in [5, 5.41) is 12.8. The van der Waals surface area contributed by atoms with E-state index in [1.165, 1.54) is 18.4 Å². The average Bonchev–Trinajstić information content (AvgIpc) is 3.03. The minimum Gasteiger partial charge on any atom is -0.478 e. The Hall–Kier alpha value is -2.15. The summed E-state index contributed by atoms with van der Waals surface area (Å²) in [4.78, 5) is 38.0. The van der Waals surface area contributed by atoms with Crippen LogP contribution in [0.2, 0.25) is 0 Å². The third kappa shape index (κ3) is 4.39. The number of hydrogen-bond donors (Lipinski definition) is 2. The maximum atomic E-state index is 12.9. The number of hydrogen-bond acceptors (Lipinski definition) is 5. The fourth-order valence-electron chi connectivity index (χ4n) is 4.30. The Kier molecular flexibility index (Phi) is 6.17. The molecule has 0 aromatic carbocycles. The monoisotopic (exact) mass is 419 g/mol. The molecule has 0 fully saturated rings. The number of carbonyl (C=O) groups is 3.